The molecule has 15 heavy (non-hydrogen) atoms. The van der Waals surface area contributed by atoms with Crippen molar-refractivity contribution in [1.29, 1.82) is 0 Å². The number of hydrogen-bond donors (Lipinski definition) is 1. The van der Waals surface area contributed by atoms with E-state index in [1.54, 1.807) is 6.20 Å². The molecular formula is C10H12N2O3. The molecule has 1 saturated heterocycles. The van der Waals surface area contributed by atoms with Gasteiger partial charge in [-0.15, -0.1) is 0 Å². The average Bonchev–Trinajstić information content (AvgIpc) is 2.62. The molecule has 80 valence electrons. The summed E-state index contributed by atoms with van der Waals surface area (Å²) in [6.45, 7) is 3.14. The highest BCUT2D eigenvalue weighted by Gasteiger charge is 2.59. The number of likely N-dealkylation sites (tertiary alicyclic amines) is 1. The van der Waals surface area contributed by atoms with E-state index < -0.39 is 6.09 Å². The minimum atomic E-state index is -0.815. The molecule has 0 spiro atoms. The summed E-state index contributed by atoms with van der Waals surface area (Å²) >= 11 is 0. The van der Waals surface area contributed by atoms with Crippen molar-refractivity contribution in [1.82, 2.24) is 9.88 Å². The number of nitrogens with zero attached hydrogens (tertiary/aromatic N) is 2. The van der Waals surface area contributed by atoms with Gasteiger partial charge in [-0.25, -0.2) is 9.78 Å². The van der Waals surface area contributed by atoms with Crippen LogP contribution in [0.1, 0.15) is 17.6 Å². The second-order valence-corrected chi connectivity index (χ2v) is 4.35. The summed E-state index contributed by atoms with van der Waals surface area (Å²) in [6, 6.07) is 0. The molecule has 1 aliphatic heterocycles. The molecule has 2 aliphatic rings. The molecule has 2 heterocycles. The topological polar surface area (TPSA) is 66.6 Å². The number of carbonyl (C=O) groups is 1. The van der Waals surface area contributed by atoms with Gasteiger partial charge in [0.1, 0.15) is 5.76 Å². The molecule has 1 aromatic rings. The van der Waals surface area contributed by atoms with E-state index in [1.165, 1.54) is 4.90 Å². The maximum atomic E-state index is 10.7. The van der Waals surface area contributed by atoms with Gasteiger partial charge in [0.2, 0.25) is 0 Å². The lowest BCUT2D eigenvalue weighted by molar-refractivity contribution is 0.149. The first-order valence-electron chi connectivity index (χ1n) is 5.07. The number of oxazole rings is 1. The molecule has 1 aromatic heterocycles. The zero-order valence-electron chi connectivity index (χ0n) is 8.38. The van der Waals surface area contributed by atoms with Crippen molar-refractivity contribution in [2.75, 3.05) is 13.1 Å². The van der Waals surface area contributed by atoms with Crippen LogP contribution < -0.4 is 0 Å². The Morgan fingerprint density at radius 3 is 2.73 bits per heavy atom. The number of rotatable bonds is 1. The molecule has 5 heteroatoms. The summed E-state index contributed by atoms with van der Waals surface area (Å²) in [6.07, 6.45) is 0.905. The van der Waals surface area contributed by atoms with Gasteiger partial charge < -0.3 is 14.4 Å². The van der Waals surface area contributed by atoms with E-state index in [1.807, 2.05) is 6.92 Å². The fraction of sp³-hybridized carbons (Fsp3) is 0.600. The summed E-state index contributed by atoms with van der Waals surface area (Å²) in [7, 11) is 0. The molecule has 3 rings (SSSR count). The van der Waals surface area contributed by atoms with Gasteiger partial charge in [0.15, 0.2) is 5.89 Å². The Morgan fingerprint density at radius 2 is 2.27 bits per heavy atom. The highest BCUT2D eigenvalue weighted by Crippen LogP contribution is 2.57. The number of aryl methyl sites for hydroxylation is 1. The molecule has 0 aromatic carbocycles. The number of hydrogen-bond acceptors (Lipinski definition) is 3. The first-order chi connectivity index (χ1) is 7.16. The van der Waals surface area contributed by atoms with Crippen LogP contribution in [-0.4, -0.2) is 34.2 Å². The Morgan fingerprint density at radius 1 is 1.60 bits per heavy atom. The van der Waals surface area contributed by atoms with Gasteiger partial charge >= 0.3 is 6.09 Å². The number of amides is 1. The van der Waals surface area contributed by atoms with Crippen LogP contribution in [0.25, 0.3) is 0 Å². The van der Waals surface area contributed by atoms with E-state index >= 15 is 0 Å². The van der Waals surface area contributed by atoms with Crippen LogP contribution in [0.3, 0.4) is 0 Å². The second-order valence-electron chi connectivity index (χ2n) is 4.35. The van der Waals surface area contributed by atoms with Crippen molar-refractivity contribution in [3.63, 3.8) is 0 Å². The highest BCUT2D eigenvalue weighted by atomic mass is 16.4. The third-order valence-corrected chi connectivity index (χ3v) is 3.39. The Balaban J connectivity index is 1.70. The Hall–Kier alpha value is -1.52. The predicted octanol–water partition coefficient (Wildman–Crippen LogP) is 1.31. The van der Waals surface area contributed by atoms with Crippen molar-refractivity contribution >= 4 is 6.09 Å². The van der Waals surface area contributed by atoms with E-state index in [0.717, 1.165) is 11.7 Å². The summed E-state index contributed by atoms with van der Waals surface area (Å²) in [5, 5.41) is 8.80. The standard InChI is InChI=1S/C10H12N2O3/c1-5-2-11-9(15-5)8-6-3-12(10(13)14)4-7(6)8/h2,6-8H,3-4H2,1H3,(H,13,14)/t6-,7+,8+. The minimum absolute atomic E-state index is 0.356. The maximum Gasteiger partial charge on any atom is 0.407 e. The molecule has 1 N–H and O–H groups in total. The van der Waals surface area contributed by atoms with Crippen LogP contribution in [0, 0.1) is 18.8 Å². The van der Waals surface area contributed by atoms with Crippen molar-refractivity contribution in [2.45, 2.75) is 12.8 Å². The van der Waals surface area contributed by atoms with Crippen LogP contribution in [0.5, 0.6) is 0 Å². The lowest BCUT2D eigenvalue weighted by Gasteiger charge is -2.14. The van der Waals surface area contributed by atoms with Gasteiger partial charge in [0.05, 0.1) is 6.20 Å². The third kappa shape index (κ3) is 1.22. The summed E-state index contributed by atoms with van der Waals surface area (Å²) < 4.78 is 5.46. The normalized spacial score (nSPS) is 32.9. The first-order valence-corrected chi connectivity index (χ1v) is 5.07. The first kappa shape index (κ1) is 8.76. The van der Waals surface area contributed by atoms with Gasteiger partial charge in [-0.2, -0.15) is 0 Å². The molecule has 0 unspecified atom stereocenters. The maximum absolute atomic E-state index is 10.7. The molecular weight excluding hydrogens is 196 g/mol. The molecule has 1 saturated carbocycles. The van der Waals surface area contributed by atoms with E-state index in [2.05, 4.69) is 4.98 Å². The minimum Gasteiger partial charge on any atom is -0.465 e. The molecule has 0 radical (unpaired) electrons. The zero-order chi connectivity index (χ0) is 10.6. The number of piperidine rings is 1. The smallest absolute Gasteiger partial charge is 0.407 e. The summed E-state index contributed by atoms with van der Waals surface area (Å²) in [4.78, 5) is 16.4. The Labute approximate surface area is 86.7 Å². The van der Waals surface area contributed by atoms with E-state index in [4.69, 9.17) is 9.52 Å². The van der Waals surface area contributed by atoms with Crippen LogP contribution in [0.2, 0.25) is 0 Å². The van der Waals surface area contributed by atoms with E-state index in [-0.39, 0.29) is 0 Å². The van der Waals surface area contributed by atoms with E-state index in [9.17, 15) is 4.79 Å². The fourth-order valence-electron chi connectivity index (χ4n) is 2.58. The van der Waals surface area contributed by atoms with Crippen LogP contribution >= 0.6 is 0 Å². The molecule has 5 nitrogen and oxygen atoms in total. The average molecular weight is 208 g/mol. The van der Waals surface area contributed by atoms with Crippen molar-refractivity contribution in [3.8, 4) is 0 Å². The van der Waals surface area contributed by atoms with Gasteiger partial charge in [0, 0.05) is 19.0 Å². The van der Waals surface area contributed by atoms with Crippen LogP contribution in [-0.2, 0) is 0 Å². The van der Waals surface area contributed by atoms with Crippen molar-refractivity contribution in [2.24, 2.45) is 11.8 Å². The lowest BCUT2D eigenvalue weighted by Crippen LogP contribution is -2.29. The zero-order valence-corrected chi connectivity index (χ0v) is 8.38. The number of fused-ring (bicyclic) bond motifs is 1. The molecule has 1 aliphatic carbocycles. The summed E-state index contributed by atoms with van der Waals surface area (Å²) in [5.41, 5.74) is 0. The van der Waals surface area contributed by atoms with Gasteiger partial charge in [0.25, 0.3) is 0 Å². The summed E-state index contributed by atoms with van der Waals surface area (Å²) in [5.74, 6) is 2.82. The molecule has 0 bridgehead atoms. The van der Waals surface area contributed by atoms with Crippen LogP contribution in [0.4, 0.5) is 4.79 Å². The molecule has 2 fully saturated rings. The van der Waals surface area contributed by atoms with Crippen molar-refractivity contribution in [3.05, 3.63) is 17.8 Å². The third-order valence-electron chi connectivity index (χ3n) is 3.39. The van der Waals surface area contributed by atoms with Crippen molar-refractivity contribution < 1.29 is 14.3 Å². The molecule has 1 amide bonds. The number of aromatic nitrogens is 1. The van der Waals surface area contributed by atoms with Gasteiger partial charge in [-0.1, -0.05) is 0 Å². The quantitative estimate of drug-likeness (QED) is 0.755. The Kier molecular flexibility index (Phi) is 1.60. The van der Waals surface area contributed by atoms with Crippen LogP contribution in [0.15, 0.2) is 10.6 Å². The van der Waals surface area contributed by atoms with Gasteiger partial charge in [-0.3, -0.25) is 0 Å². The number of carboxylic acid groups (broad SMARTS) is 1. The fourth-order valence-corrected chi connectivity index (χ4v) is 2.58. The monoisotopic (exact) mass is 208 g/mol. The van der Waals surface area contributed by atoms with E-state index in [0.29, 0.717) is 30.8 Å². The second kappa shape index (κ2) is 2.74. The molecule has 3 atom stereocenters. The Bertz CT molecular complexity index is 403. The lowest BCUT2D eigenvalue weighted by atomic mass is 10.2. The SMILES string of the molecule is Cc1cnc([C@H]2[C@@H]3CN(C(=O)O)C[C@@H]32)o1. The largest absolute Gasteiger partial charge is 0.465 e. The predicted molar refractivity (Wildman–Crippen MR) is 50.6 cm³/mol. The van der Waals surface area contributed by atoms with Gasteiger partial charge in [-0.05, 0) is 18.8 Å². The highest BCUT2D eigenvalue weighted by molar-refractivity contribution is 5.66.